The molecule has 20 heavy (non-hydrogen) atoms. The average Bonchev–Trinajstić information content (AvgIpc) is 2.37. The van der Waals surface area contributed by atoms with Crippen LogP contribution in [0.15, 0.2) is 23.1 Å². The summed E-state index contributed by atoms with van der Waals surface area (Å²) >= 11 is 11.7. The summed E-state index contributed by atoms with van der Waals surface area (Å²) in [6.45, 7) is -0.729. The Morgan fingerprint density at radius 1 is 1.40 bits per heavy atom. The van der Waals surface area contributed by atoms with E-state index in [4.69, 9.17) is 33.0 Å². The lowest BCUT2D eigenvalue weighted by Gasteiger charge is -2.20. The Balaban J connectivity index is 3.21. The Morgan fingerprint density at radius 3 is 2.60 bits per heavy atom. The molecule has 0 heterocycles. The van der Waals surface area contributed by atoms with Gasteiger partial charge in [0.25, 0.3) is 0 Å². The van der Waals surface area contributed by atoms with Crippen molar-refractivity contribution in [2.45, 2.75) is 4.90 Å². The fraction of sp³-hybridized carbons (Fsp3) is 0.364. The number of halogens is 2. The first-order chi connectivity index (χ1) is 9.30. The lowest BCUT2D eigenvalue weighted by atomic mass is 10.4. The van der Waals surface area contributed by atoms with Crippen LogP contribution >= 0.6 is 23.2 Å². The molecule has 0 aromatic heterocycles. The van der Waals surface area contributed by atoms with Gasteiger partial charge in [-0.05, 0) is 12.1 Å². The molecule has 0 bridgehead atoms. The van der Waals surface area contributed by atoms with Crippen LogP contribution in [0.1, 0.15) is 0 Å². The minimum absolute atomic E-state index is 0.0602. The summed E-state index contributed by atoms with van der Waals surface area (Å²) in [5, 5.41) is 8.75. The number of aliphatic carboxylic acids is 1. The molecule has 0 atom stereocenters. The Labute approximate surface area is 126 Å². The predicted molar refractivity (Wildman–Crippen MR) is 74.7 cm³/mol. The van der Waals surface area contributed by atoms with E-state index in [1.807, 2.05) is 0 Å². The van der Waals surface area contributed by atoms with Crippen molar-refractivity contribution in [2.75, 3.05) is 26.8 Å². The molecule has 0 amide bonds. The smallest absolute Gasteiger partial charge is 0.318 e. The highest BCUT2D eigenvalue weighted by Crippen LogP contribution is 2.30. The lowest BCUT2D eigenvalue weighted by Crippen LogP contribution is -2.38. The van der Waals surface area contributed by atoms with E-state index in [0.717, 1.165) is 4.31 Å². The molecule has 0 aliphatic carbocycles. The van der Waals surface area contributed by atoms with Gasteiger partial charge in [-0.2, -0.15) is 4.31 Å². The van der Waals surface area contributed by atoms with Crippen molar-refractivity contribution >= 4 is 39.2 Å². The third-order valence-corrected chi connectivity index (χ3v) is 5.21. The predicted octanol–water partition coefficient (Wildman–Crippen LogP) is 1.72. The SMILES string of the molecule is COCCN(CC(=O)O)S(=O)(=O)c1cccc(Cl)c1Cl. The first kappa shape index (κ1) is 17.2. The van der Waals surface area contributed by atoms with Gasteiger partial charge >= 0.3 is 5.97 Å². The normalized spacial score (nSPS) is 11.8. The van der Waals surface area contributed by atoms with Crippen molar-refractivity contribution in [3.8, 4) is 0 Å². The zero-order chi connectivity index (χ0) is 15.3. The summed E-state index contributed by atoms with van der Waals surface area (Å²) in [5.41, 5.74) is 0. The fourth-order valence-electron chi connectivity index (χ4n) is 1.45. The van der Waals surface area contributed by atoms with E-state index in [9.17, 15) is 13.2 Å². The lowest BCUT2D eigenvalue weighted by molar-refractivity contribution is -0.137. The van der Waals surface area contributed by atoms with Gasteiger partial charge in [0.2, 0.25) is 10.0 Å². The zero-order valence-corrected chi connectivity index (χ0v) is 12.9. The van der Waals surface area contributed by atoms with E-state index >= 15 is 0 Å². The van der Waals surface area contributed by atoms with Crippen LogP contribution in [0.25, 0.3) is 0 Å². The molecule has 9 heteroatoms. The number of hydrogen-bond donors (Lipinski definition) is 1. The minimum atomic E-state index is -4.07. The van der Waals surface area contributed by atoms with Gasteiger partial charge in [0.15, 0.2) is 0 Å². The molecule has 6 nitrogen and oxygen atoms in total. The zero-order valence-electron chi connectivity index (χ0n) is 10.5. The van der Waals surface area contributed by atoms with Crippen molar-refractivity contribution < 1.29 is 23.1 Å². The van der Waals surface area contributed by atoms with Crippen LogP contribution in [-0.4, -0.2) is 50.6 Å². The molecule has 0 saturated carbocycles. The van der Waals surface area contributed by atoms with Gasteiger partial charge in [0.1, 0.15) is 11.4 Å². The van der Waals surface area contributed by atoms with Gasteiger partial charge in [-0.1, -0.05) is 29.3 Å². The molecule has 0 aliphatic rings. The van der Waals surface area contributed by atoms with E-state index in [1.54, 1.807) is 0 Å². The number of sulfonamides is 1. The molecule has 0 spiro atoms. The molecule has 1 aromatic carbocycles. The van der Waals surface area contributed by atoms with Gasteiger partial charge in [-0.25, -0.2) is 8.42 Å². The van der Waals surface area contributed by atoms with Crippen molar-refractivity contribution in [1.82, 2.24) is 4.31 Å². The maximum atomic E-state index is 12.4. The van der Waals surface area contributed by atoms with Crippen molar-refractivity contribution in [3.63, 3.8) is 0 Å². The largest absolute Gasteiger partial charge is 0.480 e. The first-order valence-electron chi connectivity index (χ1n) is 5.45. The molecule has 0 aliphatic heterocycles. The summed E-state index contributed by atoms with van der Waals surface area (Å²) in [6, 6.07) is 4.14. The van der Waals surface area contributed by atoms with Crippen LogP contribution in [0.5, 0.6) is 0 Å². The second-order valence-electron chi connectivity index (χ2n) is 3.78. The summed E-state index contributed by atoms with van der Waals surface area (Å²) < 4.78 is 30.4. The highest BCUT2D eigenvalue weighted by Gasteiger charge is 2.29. The molecule has 0 fully saturated rings. The van der Waals surface area contributed by atoms with Crippen molar-refractivity contribution in [2.24, 2.45) is 0 Å². The standard InChI is InChI=1S/C11H13Cl2NO5S/c1-19-6-5-14(7-10(15)16)20(17,18)9-4-2-3-8(12)11(9)13/h2-4H,5-7H2,1H3,(H,15,16). The summed E-state index contributed by atoms with van der Waals surface area (Å²) in [7, 11) is -2.68. The maximum Gasteiger partial charge on any atom is 0.318 e. The van der Waals surface area contributed by atoms with Gasteiger partial charge in [0, 0.05) is 13.7 Å². The van der Waals surface area contributed by atoms with Crippen LogP contribution in [0.4, 0.5) is 0 Å². The van der Waals surface area contributed by atoms with Crippen LogP contribution < -0.4 is 0 Å². The molecule has 0 radical (unpaired) electrons. The topological polar surface area (TPSA) is 83.9 Å². The average molecular weight is 342 g/mol. The summed E-state index contributed by atoms with van der Waals surface area (Å²) in [5.74, 6) is -1.28. The van der Waals surface area contributed by atoms with Gasteiger partial charge in [-0.3, -0.25) is 4.79 Å². The van der Waals surface area contributed by atoms with E-state index in [1.165, 1.54) is 25.3 Å². The number of rotatable bonds is 7. The van der Waals surface area contributed by atoms with Crippen LogP contribution in [0, 0.1) is 0 Å². The molecular weight excluding hydrogens is 329 g/mol. The van der Waals surface area contributed by atoms with Gasteiger partial charge < -0.3 is 9.84 Å². The minimum Gasteiger partial charge on any atom is -0.480 e. The molecular formula is C11H13Cl2NO5S. The number of benzene rings is 1. The molecule has 0 saturated heterocycles. The first-order valence-corrected chi connectivity index (χ1v) is 7.65. The van der Waals surface area contributed by atoms with Gasteiger partial charge in [-0.15, -0.1) is 0 Å². The molecule has 112 valence electrons. The van der Waals surface area contributed by atoms with Crippen molar-refractivity contribution in [1.29, 1.82) is 0 Å². The Morgan fingerprint density at radius 2 is 2.05 bits per heavy atom. The van der Waals surface area contributed by atoms with E-state index in [2.05, 4.69) is 0 Å². The monoisotopic (exact) mass is 341 g/mol. The fourth-order valence-corrected chi connectivity index (χ4v) is 3.56. The number of carboxylic acid groups (broad SMARTS) is 1. The quantitative estimate of drug-likeness (QED) is 0.816. The molecule has 0 unspecified atom stereocenters. The highest BCUT2D eigenvalue weighted by molar-refractivity contribution is 7.89. The Kier molecular flexibility index (Phi) is 6.22. The van der Waals surface area contributed by atoms with Crippen LogP contribution in [0.2, 0.25) is 10.0 Å². The third kappa shape index (κ3) is 4.07. The number of nitrogens with zero attached hydrogens (tertiary/aromatic N) is 1. The van der Waals surface area contributed by atoms with Crippen LogP contribution in [-0.2, 0) is 19.6 Å². The third-order valence-electron chi connectivity index (χ3n) is 2.39. The van der Waals surface area contributed by atoms with E-state index < -0.39 is 22.5 Å². The number of carboxylic acids is 1. The summed E-state index contributed by atoms with van der Waals surface area (Å²) in [4.78, 5) is 10.6. The molecule has 1 aromatic rings. The highest BCUT2D eigenvalue weighted by atomic mass is 35.5. The molecule has 1 rings (SSSR count). The molecule has 1 N–H and O–H groups in total. The van der Waals surface area contributed by atoms with E-state index in [-0.39, 0.29) is 28.1 Å². The number of methoxy groups -OCH3 is 1. The Bertz CT molecular complexity index is 590. The second-order valence-corrected chi connectivity index (χ2v) is 6.47. The van der Waals surface area contributed by atoms with Crippen LogP contribution in [0.3, 0.4) is 0 Å². The van der Waals surface area contributed by atoms with Gasteiger partial charge in [0.05, 0.1) is 16.7 Å². The number of carbonyl (C=O) groups is 1. The second kappa shape index (κ2) is 7.24. The summed E-state index contributed by atoms with van der Waals surface area (Å²) in [6.07, 6.45) is 0. The van der Waals surface area contributed by atoms with E-state index in [0.29, 0.717) is 0 Å². The maximum absolute atomic E-state index is 12.4. The Hall–Kier alpha value is -0.860. The number of ether oxygens (including phenoxy) is 1. The number of hydrogen-bond acceptors (Lipinski definition) is 4. The van der Waals surface area contributed by atoms with Crippen molar-refractivity contribution in [3.05, 3.63) is 28.2 Å².